The molecule has 4 aliphatic rings. The summed E-state index contributed by atoms with van der Waals surface area (Å²) in [6.45, 7) is 4.19. The second-order valence-electron chi connectivity index (χ2n) is 11.8. The number of hydrogen-bond acceptors (Lipinski definition) is 6. The number of hydrogen-bond donors (Lipinski definition) is 2. The Kier molecular flexibility index (Phi) is 6.42. The minimum absolute atomic E-state index is 0.0494. The van der Waals surface area contributed by atoms with Gasteiger partial charge in [0.05, 0.1) is 6.10 Å². The van der Waals surface area contributed by atoms with Crippen molar-refractivity contribution in [3.05, 3.63) is 46.2 Å². The molecule has 1 aromatic heterocycles. The average Bonchev–Trinajstić information content (AvgIpc) is 3.42. The summed E-state index contributed by atoms with van der Waals surface area (Å²) in [6.07, 6.45) is 1.41. The summed E-state index contributed by atoms with van der Waals surface area (Å²) in [5, 5.41) is 23.3. The zero-order chi connectivity index (χ0) is 26.0. The lowest BCUT2D eigenvalue weighted by Gasteiger charge is -2.62. The number of nitrogens with zero attached hydrogens (tertiary/aromatic N) is 1. The fraction of sp³-hybridized carbons (Fsp3) is 0.643. The quantitative estimate of drug-likeness (QED) is 0.596. The minimum atomic E-state index is -2.16. The van der Waals surface area contributed by atoms with Crippen molar-refractivity contribution in [2.24, 2.45) is 34.5 Å². The molecule has 3 saturated carbocycles. The summed E-state index contributed by atoms with van der Waals surface area (Å²) in [4.78, 5) is 28.5. The lowest BCUT2D eigenvalue weighted by molar-refractivity contribution is -0.202. The number of Topliss-reactive ketones (excluding diaryl/α,β-unsaturated/α-hetero) is 1. The molecule has 5 rings (SSSR count). The van der Waals surface area contributed by atoms with E-state index in [1.54, 1.807) is 18.3 Å². The van der Waals surface area contributed by atoms with Gasteiger partial charge in [-0.2, -0.15) is 0 Å². The molecule has 196 valence electrons. The van der Waals surface area contributed by atoms with Crippen LogP contribution in [0.25, 0.3) is 0 Å². The topological polar surface area (TPSA) is 77.8 Å². The van der Waals surface area contributed by atoms with E-state index >= 15 is 8.78 Å². The van der Waals surface area contributed by atoms with Crippen LogP contribution in [0, 0.1) is 34.5 Å². The third kappa shape index (κ3) is 3.62. The number of ketones is 2. The van der Waals surface area contributed by atoms with Crippen LogP contribution in [0.15, 0.2) is 41.3 Å². The van der Waals surface area contributed by atoms with Crippen molar-refractivity contribution in [3.63, 3.8) is 0 Å². The number of carbonyl (C=O) groups is 2. The summed E-state index contributed by atoms with van der Waals surface area (Å²) >= 11 is 1.66. The van der Waals surface area contributed by atoms with Crippen LogP contribution in [0.4, 0.5) is 8.78 Å². The van der Waals surface area contributed by atoms with Gasteiger partial charge >= 0.3 is 0 Å². The van der Waals surface area contributed by atoms with Crippen molar-refractivity contribution in [1.82, 2.24) is 4.90 Å². The number of thiophene rings is 1. The van der Waals surface area contributed by atoms with Gasteiger partial charge in [-0.05, 0) is 79.7 Å². The smallest absolute Gasteiger partial charge is 0.178 e. The molecule has 1 aromatic rings. The van der Waals surface area contributed by atoms with Crippen LogP contribution >= 0.6 is 11.3 Å². The highest BCUT2D eigenvalue weighted by Crippen LogP contribution is 2.70. The molecule has 0 saturated heterocycles. The molecule has 36 heavy (non-hydrogen) atoms. The highest BCUT2D eigenvalue weighted by molar-refractivity contribution is 7.09. The summed E-state index contributed by atoms with van der Waals surface area (Å²) < 4.78 is 32.9. The van der Waals surface area contributed by atoms with Crippen LogP contribution in [0.1, 0.15) is 38.0 Å². The number of aliphatic hydroxyl groups is 2. The van der Waals surface area contributed by atoms with E-state index in [0.29, 0.717) is 19.5 Å². The Hall–Kier alpha value is -1.74. The van der Waals surface area contributed by atoms with Gasteiger partial charge in [0, 0.05) is 35.2 Å². The van der Waals surface area contributed by atoms with E-state index in [-0.39, 0.29) is 41.8 Å². The molecular weight excluding hydrogens is 484 g/mol. The molecule has 0 aliphatic heterocycles. The van der Waals surface area contributed by atoms with Gasteiger partial charge < -0.3 is 15.1 Å². The van der Waals surface area contributed by atoms with Gasteiger partial charge in [-0.3, -0.25) is 9.59 Å². The van der Waals surface area contributed by atoms with E-state index in [1.165, 1.54) is 23.1 Å². The molecule has 9 atom stereocenters. The molecule has 0 spiro atoms. The predicted octanol–water partition coefficient (Wildman–Crippen LogP) is 3.90. The maximum Gasteiger partial charge on any atom is 0.178 e. The van der Waals surface area contributed by atoms with Gasteiger partial charge in [-0.1, -0.05) is 19.1 Å². The van der Waals surface area contributed by atoms with Crippen molar-refractivity contribution < 1.29 is 28.6 Å². The first-order valence-electron chi connectivity index (χ1n) is 12.8. The monoisotopic (exact) mass is 519 g/mol. The first-order chi connectivity index (χ1) is 17.0. The number of carbonyl (C=O) groups excluding carboxylic acids is 2. The third-order valence-electron chi connectivity index (χ3n) is 9.86. The molecule has 0 amide bonds. The van der Waals surface area contributed by atoms with Gasteiger partial charge in [-0.25, -0.2) is 8.78 Å². The third-order valence-corrected chi connectivity index (χ3v) is 10.7. The Morgan fingerprint density at radius 3 is 2.69 bits per heavy atom. The highest BCUT2D eigenvalue weighted by Gasteiger charge is 2.73. The Labute approximate surface area is 214 Å². The van der Waals surface area contributed by atoms with Crippen molar-refractivity contribution in [1.29, 1.82) is 0 Å². The second-order valence-corrected chi connectivity index (χ2v) is 12.9. The van der Waals surface area contributed by atoms with Gasteiger partial charge in [0.15, 0.2) is 17.2 Å². The van der Waals surface area contributed by atoms with E-state index in [4.69, 9.17) is 0 Å². The number of alkyl halides is 2. The molecule has 3 fully saturated rings. The maximum atomic E-state index is 17.3. The van der Waals surface area contributed by atoms with Crippen LogP contribution < -0.4 is 0 Å². The number of rotatable bonds is 6. The number of fused-ring (bicyclic) bond motifs is 5. The molecule has 0 bridgehead atoms. The van der Waals surface area contributed by atoms with E-state index in [2.05, 4.69) is 11.0 Å². The van der Waals surface area contributed by atoms with Crippen LogP contribution in [0.3, 0.4) is 0 Å². The van der Waals surface area contributed by atoms with E-state index in [1.807, 2.05) is 25.4 Å². The van der Waals surface area contributed by atoms with E-state index < -0.39 is 47.2 Å². The van der Waals surface area contributed by atoms with Gasteiger partial charge in [0.25, 0.3) is 0 Å². The Balaban J connectivity index is 1.51. The summed E-state index contributed by atoms with van der Waals surface area (Å²) in [7, 11) is 1.99. The molecule has 0 radical (unpaired) electrons. The minimum Gasteiger partial charge on any atom is -0.390 e. The number of aliphatic hydroxyl groups excluding tert-OH is 2. The fourth-order valence-corrected chi connectivity index (χ4v) is 9.21. The van der Waals surface area contributed by atoms with Crippen LogP contribution in [0.5, 0.6) is 0 Å². The molecule has 5 nitrogen and oxygen atoms in total. The first-order valence-corrected chi connectivity index (χ1v) is 13.6. The standard InChI is InChI=1S/C28H35F2NO4S/c1-26-12-24(35)28(30)20(11-22(29)21-10-17(33)6-7-27(21,28)2)19(26)9-16(25(26)23(34)15-32)13-31(3)14-18-5-4-8-36-18/h4-8,10,16,19-20,22,24-25,32,35H,9,11-15H2,1-3H3/t16-,19?,20-,22-,24-,25?,26-,27-,28-/m0/s1. The largest absolute Gasteiger partial charge is 0.390 e. The van der Waals surface area contributed by atoms with E-state index in [0.717, 1.165) is 0 Å². The SMILES string of the molecule is CN(Cc1cccs1)C[C@@H]1CC2[C@@H]3C[C@H](F)C4=CC(=O)C=C[C@]4(C)[C@@]3(F)[C@@H](O)C[C@]2(C)C1C(=O)CO. The fourth-order valence-electron chi connectivity index (χ4n) is 8.43. The van der Waals surface area contributed by atoms with Crippen molar-refractivity contribution in [2.75, 3.05) is 20.2 Å². The maximum absolute atomic E-state index is 17.3. The van der Waals surface area contributed by atoms with Crippen LogP contribution in [-0.4, -0.2) is 64.8 Å². The van der Waals surface area contributed by atoms with Gasteiger partial charge in [0.1, 0.15) is 12.8 Å². The average molecular weight is 520 g/mol. The number of halogens is 2. The summed E-state index contributed by atoms with van der Waals surface area (Å²) in [6, 6.07) is 4.05. The lowest BCUT2D eigenvalue weighted by Crippen LogP contribution is -2.68. The second kappa shape index (κ2) is 8.93. The molecule has 2 N–H and O–H groups in total. The zero-order valence-electron chi connectivity index (χ0n) is 21.0. The molecule has 8 heteroatoms. The Morgan fingerprint density at radius 2 is 2.03 bits per heavy atom. The molecule has 1 heterocycles. The molecule has 4 aliphatic carbocycles. The Morgan fingerprint density at radius 1 is 1.28 bits per heavy atom. The summed E-state index contributed by atoms with van der Waals surface area (Å²) in [5.74, 6) is -2.52. The first kappa shape index (κ1) is 25.9. The zero-order valence-corrected chi connectivity index (χ0v) is 21.8. The van der Waals surface area contributed by atoms with Gasteiger partial charge in [-0.15, -0.1) is 11.3 Å². The summed E-state index contributed by atoms with van der Waals surface area (Å²) in [5.41, 5.74) is -4.26. The van der Waals surface area contributed by atoms with Crippen molar-refractivity contribution in [3.8, 4) is 0 Å². The van der Waals surface area contributed by atoms with Crippen molar-refractivity contribution in [2.45, 2.75) is 57.6 Å². The molecule has 0 aromatic carbocycles. The van der Waals surface area contributed by atoms with Crippen molar-refractivity contribution >= 4 is 22.9 Å². The van der Waals surface area contributed by atoms with Gasteiger partial charge in [0.2, 0.25) is 0 Å². The van der Waals surface area contributed by atoms with Crippen LogP contribution in [-0.2, 0) is 16.1 Å². The van der Waals surface area contributed by atoms with Crippen LogP contribution in [0.2, 0.25) is 0 Å². The number of allylic oxidation sites excluding steroid dienone is 4. The van der Waals surface area contributed by atoms with E-state index in [9.17, 15) is 19.8 Å². The molecule has 2 unspecified atom stereocenters. The highest BCUT2D eigenvalue weighted by atomic mass is 32.1. The molecular formula is C28H35F2NO4S. The lowest BCUT2D eigenvalue weighted by atomic mass is 9.45. The normalized spacial score (nSPS) is 43.7. The predicted molar refractivity (Wildman–Crippen MR) is 134 cm³/mol. The Bertz CT molecular complexity index is 1110.